The lowest BCUT2D eigenvalue weighted by Gasteiger charge is -2.13. The minimum atomic E-state index is 1.14. The Labute approximate surface area is 330 Å². The highest BCUT2D eigenvalue weighted by atomic mass is 15.0. The third-order valence-corrected chi connectivity index (χ3v) is 11.6. The van der Waals surface area contributed by atoms with Crippen LogP contribution in [0.2, 0.25) is 0 Å². The largest absolute Gasteiger partial charge is 0.309 e. The van der Waals surface area contributed by atoms with Gasteiger partial charge >= 0.3 is 0 Å². The topological polar surface area (TPSA) is 14.8 Å². The molecule has 0 radical (unpaired) electrons. The van der Waals surface area contributed by atoms with Gasteiger partial charge in [-0.15, -0.1) is 0 Å². The van der Waals surface area contributed by atoms with E-state index in [1.807, 2.05) is 13.8 Å². The van der Waals surface area contributed by atoms with E-state index in [-0.39, 0.29) is 0 Å². The van der Waals surface area contributed by atoms with Gasteiger partial charge in [0.15, 0.2) is 0 Å². The first-order valence-electron chi connectivity index (χ1n) is 19.9. The molecule has 0 bridgehead atoms. The number of nitrogens with zero attached hydrogens (tertiary/aromatic N) is 3. The highest BCUT2D eigenvalue weighted by Crippen LogP contribution is 2.39. The van der Waals surface area contributed by atoms with Crippen molar-refractivity contribution < 1.29 is 0 Å². The number of rotatable bonds is 4. The molecule has 9 aromatic carbocycles. The van der Waals surface area contributed by atoms with Crippen LogP contribution in [0.25, 0.3) is 104 Å². The van der Waals surface area contributed by atoms with Gasteiger partial charge in [-0.05, 0) is 101 Å². The van der Waals surface area contributed by atoms with Gasteiger partial charge in [-0.25, -0.2) is 0 Å². The molecule has 3 heteroatoms. The summed E-state index contributed by atoms with van der Waals surface area (Å²) in [6.07, 6.45) is 0. The van der Waals surface area contributed by atoms with E-state index in [0.717, 1.165) is 11.4 Å². The van der Waals surface area contributed by atoms with Gasteiger partial charge in [0.25, 0.3) is 0 Å². The number of fused-ring (bicyclic) bond motifs is 10. The van der Waals surface area contributed by atoms with Crippen LogP contribution in [0.1, 0.15) is 13.8 Å². The van der Waals surface area contributed by atoms with Gasteiger partial charge in [-0.2, -0.15) is 0 Å². The Morgan fingerprint density at radius 3 is 1.09 bits per heavy atom. The Kier molecular flexibility index (Phi) is 7.61. The van der Waals surface area contributed by atoms with Crippen LogP contribution in [0.15, 0.2) is 200 Å². The molecule has 0 N–H and O–H groups in total. The summed E-state index contributed by atoms with van der Waals surface area (Å²) >= 11 is 0. The fraction of sp³-hybridized carbons (Fsp3) is 0.0370. The van der Waals surface area contributed by atoms with E-state index in [2.05, 4.69) is 214 Å². The summed E-state index contributed by atoms with van der Waals surface area (Å²) in [6.45, 7) is 4.00. The van der Waals surface area contributed by atoms with Crippen molar-refractivity contribution in [2.45, 2.75) is 13.8 Å². The van der Waals surface area contributed by atoms with Crippen LogP contribution in [0.3, 0.4) is 0 Å². The van der Waals surface area contributed by atoms with Gasteiger partial charge in [0.2, 0.25) is 0 Å². The van der Waals surface area contributed by atoms with Crippen LogP contribution >= 0.6 is 0 Å². The monoisotopic (exact) mass is 729 g/mol. The summed E-state index contributed by atoms with van der Waals surface area (Å²) in [4.78, 5) is 0. The molecular weight excluding hydrogens is 691 g/mol. The van der Waals surface area contributed by atoms with Crippen molar-refractivity contribution in [3.05, 3.63) is 200 Å². The van der Waals surface area contributed by atoms with Crippen molar-refractivity contribution in [1.29, 1.82) is 0 Å². The van der Waals surface area contributed by atoms with Crippen molar-refractivity contribution >= 4 is 76.2 Å². The maximum absolute atomic E-state index is 2.42. The summed E-state index contributed by atoms with van der Waals surface area (Å²) in [6, 6.07) is 73.3. The van der Waals surface area contributed by atoms with Crippen molar-refractivity contribution in [3.63, 3.8) is 0 Å². The molecule has 270 valence electrons. The zero-order valence-corrected chi connectivity index (χ0v) is 31.9. The van der Waals surface area contributed by atoms with Gasteiger partial charge in [-0.1, -0.05) is 135 Å². The first kappa shape index (κ1) is 33.0. The average molecular weight is 730 g/mol. The zero-order valence-electron chi connectivity index (χ0n) is 31.9. The standard InChI is InChI=1S/C52H33N3.C2H6/c1-2-13-35-30-40(27-24-34(35)12-1)55-50-23-10-6-19-44(50)46-32-37(26-29-52(46)55)36-25-28-51-45(31-36)43-18-5-9-22-49(43)54(51)39-15-11-14-38(33-39)53-47-20-7-3-16-41(47)42-17-4-8-21-48(42)53;1-2/h1-33H;1-2H3. The van der Waals surface area contributed by atoms with Crippen molar-refractivity contribution in [3.8, 4) is 28.2 Å². The lowest BCUT2D eigenvalue weighted by atomic mass is 10.0. The molecule has 0 aliphatic carbocycles. The number of para-hydroxylation sites is 4. The number of hydrogen-bond acceptors (Lipinski definition) is 0. The Hall–Kier alpha value is -7.36. The second-order valence-corrected chi connectivity index (χ2v) is 14.6. The summed E-state index contributed by atoms with van der Waals surface area (Å²) in [5, 5.41) is 10.0. The fourth-order valence-corrected chi connectivity index (χ4v) is 9.15. The Balaban J connectivity index is 0.00000184. The molecule has 3 aromatic heterocycles. The third-order valence-electron chi connectivity index (χ3n) is 11.6. The molecule has 12 rings (SSSR count). The average Bonchev–Trinajstić information content (AvgIpc) is 3.92. The van der Waals surface area contributed by atoms with Gasteiger partial charge in [-0.3, -0.25) is 0 Å². The van der Waals surface area contributed by atoms with Crippen LogP contribution < -0.4 is 0 Å². The number of aromatic nitrogens is 3. The zero-order chi connectivity index (χ0) is 38.0. The van der Waals surface area contributed by atoms with Crippen LogP contribution in [0.4, 0.5) is 0 Å². The van der Waals surface area contributed by atoms with Crippen LogP contribution in [-0.2, 0) is 0 Å². The van der Waals surface area contributed by atoms with Gasteiger partial charge < -0.3 is 13.7 Å². The molecule has 0 unspecified atom stereocenters. The predicted octanol–water partition coefficient (Wildman–Crippen LogP) is 14.8. The molecule has 3 heterocycles. The van der Waals surface area contributed by atoms with Gasteiger partial charge in [0.05, 0.1) is 33.1 Å². The highest BCUT2D eigenvalue weighted by Gasteiger charge is 2.18. The summed E-state index contributed by atoms with van der Waals surface area (Å²) in [7, 11) is 0. The van der Waals surface area contributed by atoms with Gasteiger partial charge in [0, 0.05) is 49.4 Å². The molecule has 0 aliphatic heterocycles. The lowest BCUT2D eigenvalue weighted by Crippen LogP contribution is -1.98. The molecule has 0 atom stereocenters. The Morgan fingerprint density at radius 1 is 0.246 bits per heavy atom. The maximum atomic E-state index is 2.42. The van der Waals surface area contributed by atoms with E-state index in [4.69, 9.17) is 0 Å². The highest BCUT2D eigenvalue weighted by molar-refractivity contribution is 6.13. The number of benzene rings is 9. The second kappa shape index (κ2) is 13.1. The maximum Gasteiger partial charge on any atom is 0.0541 e. The lowest BCUT2D eigenvalue weighted by molar-refractivity contribution is 1.13. The minimum Gasteiger partial charge on any atom is -0.309 e. The summed E-state index contributed by atoms with van der Waals surface area (Å²) in [5.74, 6) is 0. The van der Waals surface area contributed by atoms with E-state index >= 15 is 0 Å². The molecular formula is C54H39N3. The Morgan fingerprint density at radius 2 is 0.614 bits per heavy atom. The molecule has 0 spiro atoms. The van der Waals surface area contributed by atoms with Crippen molar-refractivity contribution in [2.75, 3.05) is 0 Å². The quantitative estimate of drug-likeness (QED) is 0.171. The summed E-state index contributed by atoms with van der Waals surface area (Å²) < 4.78 is 7.23. The van der Waals surface area contributed by atoms with E-state index in [1.54, 1.807) is 0 Å². The SMILES string of the molecule is CC.c1cc(-n2c3ccccc3c3ccccc32)cc(-n2c3ccccc3c3cc(-c4ccc5c(c4)c4ccccc4n5-c4ccc5ccccc5c4)ccc32)c1. The number of hydrogen-bond donors (Lipinski definition) is 0. The van der Waals surface area contributed by atoms with E-state index in [0.29, 0.717) is 0 Å². The molecule has 0 saturated carbocycles. The third kappa shape index (κ3) is 5.06. The van der Waals surface area contributed by atoms with Crippen LogP contribution in [0, 0.1) is 0 Å². The molecule has 0 fully saturated rings. The Bertz CT molecular complexity index is 3450. The molecule has 0 amide bonds. The second-order valence-electron chi connectivity index (χ2n) is 14.6. The smallest absolute Gasteiger partial charge is 0.0541 e. The fourth-order valence-electron chi connectivity index (χ4n) is 9.15. The summed E-state index contributed by atoms with van der Waals surface area (Å²) in [5.41, 5.74) is 13.1. The first-order valence-corrected chi connectivity index (χ1v) is 19.9. The van der Waals surface area contributed by atoms with E-state index < -0.39 is 0 Å². The van der Waals surface area contributed by atoms with Crippen LogP contribution in [-0.4, -0.2) is 13.7 Å². The van der Waals surface area contributed by atoms with Crippen molar-refractivity contribution in [1.82, 2.24) is 13.7 Å². The molecule has 0 saturated heterocycles. The van der Waals surface area contributed by atoms with Crippen LogP contribution in [0.5, 0.6) is 0 Å². The predicted molar refractivity (Wildman–Crippen MR) is 244 cm³/mol. The normalized spacial score (nSPS) is 11.7. The van der Waals surface area contributed by atoms with Crippen molar-refractivity contribution in [2.24, 2.45) is 0 Å². The molecule has 3 nitrogen and oxygen atoms in total. The molecule has 12 aromatic rings. The first-order chi connectivity index (χ1) is 28.3. The van der Waals surface area contributed by atoms with E-state index in [9.17, 15) is 0 Å². The van der Waals surface area contributed by atoms with E-state index in [1.165, 1.54) is 93.0 Å². The van der Waals surface area contributed by atoms with Gasteiger partial charge in [0.1, 0.15) is 0 Å². The minimum absolute atomic E-state index is 1.14. The molecule has 0 aliphatic rings. The molecule has 57 heavy (non-hydrogen) atoms.